The molecule has 0 fully saturated rings. The van der Waals surface area contributed by atoms with E-state index in [4.69, 9.17) is 14.5 Å². The molecule has 3 rings (SSSR count). The second-order valence-corrected chi connectivity index (χ2v) is 7.26. The lowest BCUT2D eigenvalue weighted by molar-refractivity contribution is 0.405. The number of nitrogens with zero attached hydrogens (tertiary/aromatic N) is 2. The van der Waals surface area contributed by atoms with Crippen molar-refractivity contribution in [1.82, 2.24) is 4.90 Å². The topological polar surface area (TPSA) is 34.1 Å². The van der Waals surface area contributed by atoms with Crippen LogP contribution >= 0.6 is 11.8 Å². The van der Waals surface area contributed by atoms with Crippen LogP contribution in [-0.2, 0) is 13.1 Å². The number of methoxy groups -OCH3 is 2. The van der Waals surface area contributed by atoms with Gasteiger partial charge in [0.25, 0.3) is 0 Å². The summed E-state index contributed by atoms with van der Waals surface area (Å²) in [6.07, 6.45) is 2.07. The molecular weight excluding hydrogens is 380 g/mol. The number of thioether (sulfide) groups is 1. The highest BCUT2D eigenvalue weighted by Gasteiger charge is 2.13. The molecule has 0 saturated heterocycles. The first-order valence-corrected chi connectivity index (χ1v) is 10.6. The summed E-state index contributed by atoms with van der Waals surface area (Å²) in [5.41, 5.74) is 3.36. The second-order valence-electron chi connectivity index (χ2n) is 6.49. The number of hydrogen-bond donors (Lipinski definition) is 0. The van der Waals surface area contributed by atoms with Crippen LogP contribution in [0.2, 0.25) is 0 Å². The van der Waals surface area contributed by atoms with Gasteiger partial charge in [-0.1, -0.05) is 54.2 Å². The van der Waals surface area contributed by atoms with Gasteiger partial charge in [0, 0.05) is 13.1 Å². The Morgan fingerprint density at radius 3 is 1.66 bits per heavy atom. The van der Waals surface area contributed by atoms with Gasteiger partial charge >= 0.3 is 0 Å². The largest absolute Gasteiger partial charge is 0.497 e. The van der Waals surface area contributed by atoms with Crippen molar-refractivity contribution < 1.29 is 9.47 Å². The summed E-state index contributed by atoms with van der Waals surface area (Å²) in [5, 5.41) is 0.975. The number of benzene rings is 3. The van der Waals surface area contributed by atoms with Crippen LogP contribution in [0, 0.1) is 0 Å². The van der Waals surface area contributed by atoms with Gasteiger partial charge in [0.2, 0.25) is 0 Å². The van der Waals surface area contributed by atoms with Gasteiger partial charge in [-0.05, 0) is 53.8 Å². The Labute approximate surface area is 177 Å². The first-order valence-electron chi connectivity index (χ1n) is 9.40. The zero-order valence-corrected chi connectivity index (χ0v) is 17.9. The Morgan fingerprint density at radius 2 is 1.24 bits per heavy atom. The molecule has 0 saturated carbocycles. The normalized spacial score (nSPS) is 11.2. The third kappa shape index (κ3) is 6.03. The summed E-state index contributed by atoms with van der Waals surface area (Å²) in [7, 11) is 3.37. The molecule has 29 heavy (non-hydrogen) atoms. The van der Waals surface area contributed by atoms with E-state index in [2.05, 4.69) is 35.4 Å². The lowest BCUT2D eigenvalue weighted by Crippen LogP contribution is -2.27. The molecule has 3 aromatic rings. The van der Waals surface area contributed by atoms with Crippen molar-refractivity contribution in [2.75, 3.05) is 20.5 Å². The first-order chi connectivity index (χ1) is 14.2. The van der Waals surface area contributed by atoms with Crippen molar-refractivity contribution >= 4 is 22.6 Å². The van der Waals surface area contributed by atoms with Gasteiger partial charge < -0.3 is 14.4 Å². The molecule has 0 amide bonds. The molecule has 0 aromatic heterocycles. The monoisotopic (exact) mass is 406 g/mol. The first kappa shape index (κ1) is 20.8. The van der Waals surface area contributed by atoms with Gasteiger partial charge in [-0.3, -0.25) is 0 Å². The van der Waals surface area contributed by atoms with Gasteiger partial charge in [-0.25, -0.2) is 4.99 Å². The van der Waals surface area contributed by atoms with Crippen LogP contribution in [-0.4, -0.2) is 30.5 Å². The van der Waals surface area contributed by atoms with Crippen molar-refractivity contribution in [3.8, 4) is 11.5 Å². The summed E-state index contributed by atoms with van der Waals surface area (Å²) < 4.78 is 10.6. The number of rotatable bonds is 7. The Balaban J connectivity index is 1.88. The molecule has 150 valence electrons. The van der Waals surface area contributed by atoms with Gasteiger partial charge in [0.05, 0.1) is 19.9 Å². The van der Waals surface area contributed by atoms with Crippen LogP contribution in [0.5, 0.6) is 11.5 Å². The molecule has 0 unspecified atom stereocenters. The molecule has 0 atom stereocenters. The van der Waals surface area contributed by atoms with E-state index >= 15 is 0 Å². The van der Waals surface area contributed by atoms with Crippen LogP contribution in [0.3, 0.4) is 0 Å². The lowest BCUT2D eigenvalue weighted by Gasteiger charge is -2.25. The minimum atomic E-state index is 0.753. The minimum absolute atomic E-state index is 0.753. The summed E-state index contributed by atoms with van der Waals surface area (Å²) in [4.78, 5) is 7.19. The molecule has 0 N–H and O–H groups in total. The van der Waals surface area contributed by atoms with Crippen LogP contribution in [0.15, 0.2) is 83.9 Å². The Morgan fingerprint density at radius 1 is 0.759 bits per heavy atom. The molecule has 0 aliphatic carbocycles. The maximum absolute atomic E-state index is 5.29. The number of aliphatic imine (C=N–C) groups is 1. The summed E-state index contributed by atoms with van der Waals surface area (Å²) in [6.45, 7) is 1.51. The van der Waals surface area contributed by atoms with E-state index < -0.39 is 0 Å². The van der Waals surface area contributed by atoms with Crippen molar-refractivity contribution in [1.29, 1.82) is 0 Å². The van der Waals surface area contributed by atoms with E-state index in [0.717, 1.165) is 35.4 Å². The van der Waals surface area contributed by atoms with Crippen LogP contribution in [0.4, 0.5) is 5.69 Å². The molecular formula is C24H26N2O2S. The molecule has 3 aromatic carbocycles. The van der Waals surface area contributed by atoms with Gasteiger partial charge in [-0.2, -0.15) is 0 Å². The van der Waals surface area contributed by atoms with E-state index in [0.29, 0.717) is 0 Å². The minimum Gasteiger partial charge on any atom is -0.497 e. The quantitative estimate of drug-likeness (QED) is 0.369. The summed E-state index contributed by atoms with van der Waals surface area (Å²) in [5.74, 6) is 1.72. The van der Waals surface area contributed by atoms with Crippen molar-refractivity contribution in [2.24, 2.45) is 4.99 Å². The average Bonchev–Trinajstić information content (AvgIpc) is 2.78. The fraction of sp³-hybridized carbons (Fsp3) is 0.208. The highest BCUT2D eigenvalue weighted by atomic mass is 32.2. The van der Waals surface area contributed by atoms with Crippen LogP contribution in [0.1, 0.15) is 11.1 Å². The number of hydrogen-bond acceptors (Lipinski definition) is 4. The highest BCUT2D eigenvalue weighted by molar-refractivity contribution is 8.13. The maximum atomic E-state index is 5.29. The predicted octanol–water partition coefficient (Wildman–Crippen LogP) is 5.76. The van der Waals surface area contributed by atoms with Crippen LogP contribution < -0.4 is 9.47 Å². The molecule has 0 bridgehead atoms. The van der Waals surface area contributed by atoms with E-state index in [1.54, 1.807) is 26.0 Å². The van der Waals surface area contributed by atoms with E-state index in [9.17, 15) is 0 Å². The lowest BCUT2D eigenvalue weighted by atomic mass is 10.1. The smallest absolute Gasteiger partial charge is 0.164 e. The standard InChI is InChI=1S/C24H26N2O2S/c1-27-22-13-9-19(10-14-22)17-26(18-20-11-15-23(28-2)16-12-20)24(29-3)25-21-7-5-4-6-8-21/h4-16H,17-18H2,1-3H3. The SMILES string of the molecule is COc1ccc(CN(Cc2ccc(OC)cc2)C(=Nc2ccccc2)SC)cc1. The fourth-order valence-corrected chi connectivity index (χ4v) is 3.54. The highest BCUT2D eigenvalue weighted by Crippen LogP contribution is 2.22. The van der Waals surface area contributed by atoms with Gasteiger partial charge in [0.15, 0.2) is 5.17 Å². The maximum Gasteiger partial charge on any atom is 0.164 e. The Hall–Kier alpha value is -2.92. The van der Waals surface area contributed by atoms with E-state index in [1.165, 1.54) is 11.1 Å². The fourth-order valence-electron chi connectivity index (χ4n) is 2.95. The zero-order chi connectivity index (χ0) is 20.5. The number of ether oxygens (including phenoxy) is 2. The molecule has 0 spiro atoms. The zero-order valence-electron chi connectivity index (χ0n) is 17.0. The van der Waals surface area contributed by atoms with Crippen molar-refractivity contribution in [3.63, 3.8) is 0 Å². The van der Waals surface area contributed by atoms with E-state index in [-0.39, 0.29) is 0 Å². The van der Waals surface area contributed by atoms with Crippen molar-refractivity contribution in [2.45, 2.75) is 13.1 Å². The third-order valence-electron chi connectivity index (χ3n) is 4.50. The number of para-hydroxylation sites is 1. The summed E-state index contributed by atoms with van der Waals surface area (Å²) in [6, 6.07) is 26.4. The molecule has 0 aliphatic heterocycles. The second kappa shape index (κ2) is 10.6. The number of amidine groups is 1. The molecule has 0 radical (unpaired) electrons. The molecule has 0 aliphatic rings. The predicted molar refractivity (Wildman–Crippen MR) is 122 cm³/mol. The molecule has 5 heteroatoms. The third-order valence-corrected chi connectivity index (χ3v) is 5.21. The summed E-state index contributed by atoms with van der Waals surface area (Å²) >= 11 is 1.65. The van der Waals surface area contributed by atoms with Crippen LogP contribution in [0.25, 0.3) is 0 Å². The Bertz CT molecular complexity index is 860. The van der Waals surface area contributed by atoms with Gasteiger partial charge in [0.1, 0.15) is 11.5 Å². The Kier molecular flexibility index (Phi) is 7.59. The molecule has 0 heterocycles. The van der Waals surface area contributed by atoms with Crippen molar-refractivity contribution in [3.05, 3.63) is 90.0 Å². The average molecular weight is 407 g/mol. The van der Waals surface area contributed by atoms with E-state index in [1.807, 2.05) is 54.6 Å². The van der Waals surface area contributed by atoms with Gasteiger partial charge in [-0.15, -0.1) is 0 Å². The molecule has 4 nitrogen and oxygen atoms in total.